The van der Waals surface area contributed by atoms with E-state index in [4.69, 9.17) is 5.11 Å². The number of carboxylic acid groups (broad SMARTS) is 1. The Hall–Kier alpha value is -1.95. The molecule has 5 nitrogen and oxygen atoms in total. The van der Waals surface area contributed by atoms with E-state index in [0.717, 1.165) is 4.90 Å². The summed E-state index contributed by atoms with van der Waals surface area (Å²) < 4.78 is 0. The summed E-state index contributed by atoms with van der Waals surface area (Å²) in [6, 6.07) is 3.23. The van der Waals surface area contributed by atoms with Crippen molar-refractivity contribution in [2.45, 2.75) is 9.92 Å². The monoisotopic (exact) mass is 233 g/mol. The molecule has 0 spiro atoms. The van der Waals surface area contributed by atoms with Crippen molar-refractivity contribution in [2.24, 2.45) is 0 Å². The molecule has 0 saturated heterocycles. The number of aromatic carboxylic acids is 1. The first-order chi connectivity index (χ1) is 7.75. The van der Waals surface area contributed by atoms with Crippen LogP contribution in [0.4, 0.5) is 0 Å². The molecule has 2 heterocycles. The predicted molar refractivity (Wildman–Crippen MR) is 57.4 cm³/mol. The first kappa shape index (κ1) is 10.6. The Morgan fingerprint density at radius 1 is 1.25 bits per heavy atom. The molecule has 80 valence electrons. The van der Waals surface area contributed by atoms with Gasteiger partial charge in [-0.05, 0) is 12.1 Å². The van der Waals surface area contributed by atoms with Gasteiger partial charge < -0.3 is 5.11 Å². The molecule has 0 atom stereocenters. The second kappa shape index (κ2) is 4.71. The van der Waals surface area contributed by atoms with E-state index in [2.05, 4.69) is 15.0 Å². The quantitative estimate of drug-likeness (QED) is 0.869. The van der Waals surface area contributed by atoms with Gasteiger partial charge in [-0.25, -0.2) is 14.8 Å². The molecule has 0 fully saturated rings. The summed E-state index contributed by atoms with van der Waals surface area (Å²) in [5.41, 5.74) is 0.0221. The standard InChI is InChI=1S/C10H7N3O2S/c14-10(15)8-5-7(1-2-12-8)16-9-6-11-3-4-13-9/h1-6H,(H,14,15). The van der Waals surface area contributed by atoms with E-state index in [1.807, 2.05) is 0 Å². The number of carbonyl (C=O) groups is 1. The van der Waals surface area contributed by atoms with Gasteiger partial charge in [-0.3, -0.25) is 4.98 Å². The lowest BCUT2D eigenvalue weighted by Gasteiger charge is -2.00. The summed E-state index contributed by atoms with van der Waals surface area (Å²) in [5, 5.41) is 9.49. The topological polar surface area (TPSA) is 76.0 Å². The molecule has 1 N–H and O–H groups in total. The van der Waals surface area contributed by atoms with E-state index in [-0.39, 0.29) is 5.69 Å². The third kappa shape index (κ3) is 2.54. The van der Waals surface area contributed by atoms with Crippen LogP contribution in [0.5, 0.6) is 0 Å². The second-order valence-corrected chi connectivity index (χ2v) is 3.92. The molecule has 2 rings (SSSR count). The molecular weight excluding hydrogens is 226 g/mol. The van der Waals surface area contributed by atoms with Gasteiger partial charge in [0.25, 0.3) is 0 Å². The Balaban J connectivity index is 2.22. The van der Waals surface area contributed by atoms with E-state index in [9.17, 15) is 4.79 Å². The molecule has 6 heteroatoms. The maximum Gasteiger partial charge on any atom is 0.354 e. The predicted octanol–water partition coefficient (Wildman–Crippen LogP) is 1.72. The maximum absolute atomic E-state index is 10.7. The van der Waals surface area contributed by atoms with Gasteiger partial charge in [0.2, 0.25) is 0 Å². The van der Waals surface area contributed by atoms with Crippen LogP contribution in [-0.2, 0) is 0 Å². The van der Waals surface area contributed by atoms with Gasteiger partial charge in [0.1, 0.15) is 10.7 Å². The van der Waals surface area contributed by atoms with Crippen LogP contribution < -0.4 is 0 Å². The summed E-state index contributed by atoms with van der Waals surface area (Å²) >= 11 is 1.34. The zero-order chi connectivity index (χ0) is 11.4. The summed E-state index contributed by atoms with van der Waals surface area (Å²) in [5.74, 6) is -1.04. The minimum absolute atomic E-state index is 0.0221. The van der Waals surface area contributed by atoms with Crippen molar-refractivity contribution in [3.05, 3.63) is 42.6 Å². The van der Waals surface area contributed by atoms with Crippen molar-refractivity contribution in [3.8, 4) is 0 Å². The minimum atomic E-state index is -1.04. The molecule has 16 heavy (non-hydrogen) atoms. The van der Waals surface area contributed by atoms with E-state index in [1.165, 1.54) is 24.0 Å². The van der Waals surface area contributed by atoms with Crippen molar-refractivity contribution in [2.75, 3.05) is 0 Å². The molecule has 0 bridgehead atoms. The van der Waals surface area contributed by atoms with Crippen molar-refractivity contribution in [1.29, 1.82) is 0 Å². The van der Waals surface area contributed by atoms with Gasteiger partial charge in [-0.1, -0.05) is 11.8 Å². The molecule has 0 aliphatic rings. The molecule has 2 aromatic rings. The SMILES string of the molecule is O=C(O)c1cc(Sc2cnccn2)ccn1. The van der Waals surface area contributed by atoms with Gasteiger partial charge in [0.15, 0.2) is 0 Å². The van der Waals surface area contributed by atoms with Crippen LogP contribution >= 0.6 is 11.8 Å². The molecule has 2 aromatic heterocycles. The Labute approximate surface area is 95.6 Å². The lowest BCUT2D eigenvalue weighted by molar-refractivity contribution is 0.0690. The molecule has 0 saturated carbocycles. The van der Waals surface area contributed by atoms with E-state index in [0.29, 0.717) is 5.03 Å². The lowest BCUT2D eigenvalue weighted by Crippen LogP contribution is -1.99. The normalized spacial score (nSPS) is 10.0. The smallest absolute Gasteiger partial charge is 0.354 e. The fraction of sp³-hybridized carbons (Fsp3) is 0. The third-order valence-corrected chi connectivity index (χ3v) is 2.62. The van der Waals surface area contributed by atoms with Crippen LogP contribution in [0.25, 0.3) is 0 Å². The third-order valence-electron chi connectivity index (χ3n) is 1.71. The second-order valence-electron chi connectivity index (χ2n) is 2.83. The van der Waals surface area contributed by atoms with Crippen LogP contribution in [0, 0.1) is 0 Å². The molecule has 0 amide bonds. The highest BCUT2D eigenvalue weighted by molar-refractivity contribution is 7.99. The molecule has 0 aliphatic carbocycles. The largest absolute Gasteiger partial charge is 0.477 e. The van der Waals surface area contributed by atoms with Crippen molar-refractivity contribution in [1.82, 2.24) is 15.0 Å². The van der Waals surface area contributed by atoms with Crippen LogP contribution in [-0.4, -0.2) is 26.0 Å². The molecule has 0 unspecified atom stereocenters. The zero-order valence-electron chi connectivity index (χ0n) is 8.07. The van der Waals surface area contributed by atoms with Crippen LogP contribution in [0.15, 0.2) is 46.8 Å². The zero-order valence-corrected chi connectivity index (χ0v) is 8.89. The molecule has 0 aliphatic heterocycles. The fourth-order valence-corrected chi connectivity index (χ4v) is 1.82. The van der Waals surface area contributed by atoms with Crippen LogP contribution in [0.2, 0.25) is 0 Å². The Morgan fingerprint density at radius 3 is 2.81 bits per heavy atom. The van der Waals surface area contributed by atoms with E-state index >= 15 is 0 Å². The van der Waals surface area contributed by atoms with Gasteiger partial charge in [0.05, 0.1) is 6.20 Å². The summed E-state index contributed by atoms with van der Waals surface area (Å²) in [6.07, 6.45) is 6.24. The number of hydrogen-bond acceptors (Lipinski definition) is 5. The highest BCUT2D eigenvalue weighted by Crippen LogP contribution is 2.24. The lowest BCUT2D eigenvalue weighted by atomic mass is 10.3. The van der Waals surface area contributed by atoms with E-state index in [1.54, 1.807) is 24.7 Å². The number of pyridine rings is 1. The summed E-state index contributed by atoms with van der Waals surface area (Å²) in [4.78, 5) is 23.2. The molecular formula is C10H7N3O2S. The summed E-state index contributed by atoms with van der Waals surface area (Å²) in [6.45, 7) is 0. The maximum atomic E-state index is 10.7. The Morgan fingerprint density at radius 2 is 2.12 bits per heavy atom. The first-order valence-electron chi connectivity index (χ1n) is 4.39. The first-order valence-corrected chi connectivity index (χ1v) is 5.20. The number of rotatable bonds is 3. The number of nitrogens with zero attached hydrogens (tertiary/aromatic N) is 3. The highest BCUT2D eigenvalue weighted by Gasteiger charge is 2.06. The fourth-order valence-electron chi connectivity index (χ4n) is 1.05. The van der Waals surface area contributed by atoms with Crippen molar-refractivity contribution >= 4 is 17.7 Å². The molecule has 0 aromatic carbocycles. The number of hydrogen-bond donors (Lipinski definition) is 1. The van der Waals surface area contributed by atoms with Crippen LogP contribution in [0.1, 0.15) is 10.5 Å². The van der Waals surface area contributed by atoms with Gasteiger partial charge in [-0.15, -0.1) is 0 Å². The number of aromatic nitrogens is 3. The molecule has 0 radical (unpaired) electrons. The van der Waals surface area contributed by atoms with Gasteiger partial charge in [-0.2, -0.15) is 0 Å². The minimum Gasteiger partial charge on any atom is -0.477 e. The Kier molecular flexibility index (Phi) is 3.11. The van der Waals surface area contributed by atoms with Crippen molar-refractivity contribution < 1.29 is 9.90 Å². The number of carboxylic acids is 1. The van der Waals surface area contributed by atoms with Crippen molar-refractivity contribution in [3.63, 3.8) is 0 Å². The summed E-state index contributed by atoms with van der Waals surface area (Å²) in [7, 11) is 0. The van der Waals surface area contributed by atoms with Gasteiger partial charge in [0, 0.05) is 23.5 Å². The average molecular weight is 233 g/mol. The van der Waals surface area contributed by atoms with Crippen LogP contribution in [0.3, 0.4) is 0 Å². The average Bonchev–Trinajstić information content (AvgIpc) is 2.30. The van der Waals surface area contributed by atoms with E-state index < -0.39 is 5.97 Å². The Bertz CT molecular complexity index is 504. The highest BCUT2D eigenvalue weighted by atomic mass is 32.2. The van der Waals surface area contributed by atoms with Gasteiger partial charge >= 0.3 is 5.97 Å².